The average Bonchev–Trinajstić information content (AvgIpc) is 2.73. The van der Waals surface area contributed by atoms with Crippen molar-refractivity contribution in [1.82, 2.24) is 9.97 Å². The van der Waals surface area contributed by atoms with Gasteiger partial charge in [-0.05, 0) is 33.6 Å². The molecule has 0 spiro atoms. The Hall–Kier alpha value is -3.59. The van der Waals surface area contributed by atoms with Gasteiger partial charge in [-0.15, -0.1) is 6.42 Å². The topological polar surface area (TPSA) is 103 Å². The van der Waals surface area contributed by atoms with Crippen molar-refractivity contribution in [1.29, 1.82) is 5.26 Å². The number of ether oxygens (including phenoxy) is 1. The van der Waals surface area contributed by atoms with Gasteiger partial charge in [0.2, 0.25) is 5.95 Å². The maximum Gasteiger partial charge on any atom is 0.270 e. The number of H-pyrrole nitrogens is 1. The van der Waals surface area contributed by atoms with E-state index in [4.69, 9.17) is 22.8 Å². The number of nitrogens with zero attached hydrogens (tertiary/aromatic N) is 3. The second-order valence-electron chi connectivity index (χ2n) is 5.79. The molecule has 148 valence electrons. The number of nitrogens with one attached hydrogen (secondary N) is 2. The second kappa shape index (κ2) is 9.75. The van der Waals surface area contributed by atoms with Gasteiger partial charge in [0.1, 0.15) is 18.2 Å². The lowest BCUT2D eigenvalue weighted by atomic mass is 10.1. The molecule has 0 fully saturated rings. The molecule has 0 atom stereocenters. The summed E-state index contributed by atoms with van der Waals surface area (Å²) >= 11 is 9.59. The fraction of sp³-hybridized carbons (Fsp3) is 0.0476. The monoisotopic (exact) mass is 481 g/mol. The fourth-order valence-corrected chi connectivity index (χ4v) is 3.50. The SMILES string of the molecule is C#CCOc1c(Cl)cc(C=NNc2nc(-c3ccccc3)c(C#N)c(=O)[nH]2)cc1Br. The van der Waals surface area contributed by atoms with Crippen molar-refractivity contribution in [2.75, 3.05) is 12.0 Å². The number of aromatic nitrogens is 2. The Kier molecular flexibility index (Phi) is 6.87. The normalized spacial score (nSPS) is 10.4. The highest BCUT2D eigenvalue weighted by Crippen LogP contribution is 2.34. The van der Waals surface area contributed by atoms with Gasteiger partial charge in [-0.2, -0.15) is 10.4 Å². The first-order valence-electron chi connectivity index (χ1n) is 8.47. The molecule has 0 radical (unpaired) electrons. The lowest BCUT2D eigenvalue weighted by Crippen LogP contribution is -2.16. The van der Waals surface area contributed by atoms with Gasteiger partial charge in [-0.25, -0.2) is 10.4 Å². The molecule has 1 heterocycles. The van der Waals surface area contributed by atoms with Crippen molar-refractivity contribution in [3.05, 3.63) is 73.4 Å². The van der Waals surface area contributed by atoms with E-state index in [0.29, 0.717) is 26.4 Å². The molecule has 30 heavy (non-hydrogen) atoms. The van der Waals surface area contributed by atoms with Crippen LogP contribution in [-0.2, 0) is 0 Å². The Bertz CT molecular complexity index is 1220. The van der Waals surface area contributed by atoms with Crippen molar-refractivity contribution < 1.29 is 4.74 Å². The second-order valence-corrected chi connectivity index (χ2v) is 7.05. The average molecular weight is 483 g/mol. The van der Waals surface area contributed by atoms with Crippen LogP contribution in [0.5, 0.6) is 5.75 Å². The third kappa shape index (κ3) is 4.87. The minimum atomic E-state index is -0.565. The molecule has 9 heteroatoms. The molecular weight excluding hydrogens is 470 g/mol. The molecule has 0 aliphatic carbocycles. The Morgan fingerprint density at radius 2 is 2.13 bits per heavy atom. The van der Waals surface area contributed by atoms with Crippen LogP contribution in [0, 0.1) is 23.7 Å². The molecule has 1 aromatic heterocycles. The largest absolute Gasteiger partial charge is 0.478 e. The molecule has 2 aromatic carbocycles. The molecule has 0 aliphatic rings. The van der Waals surface area contributed by atoms with Crippen LogP contribution in [0.2, 0.25) is 5.02 Å². The van der Waals surface area contributed by atoms with Crippen LogP contribution in [-0.4, -0.2) is 22.8 Å². The van der Waals surface area contributed by atoms with E-state index in [9.17, 15) is 10.1 Å². The highest BCUT2D eigenvalue weighted by Gasteiger charge is 2.13. The molecule has 0 aliphatic heterocycles. The third-order valence-electron chi connectivity index (χ3n) is 3.78. The first-order chi connectivity index (χ1) is 14.5. The summed E-state index contributed by atoms with van der Waals surface area (Å²) in [6.45, 7) is 0.0920. The predicted molar refractivity (Wildman–Crippen MR) is 120 cm³/mol. The van der Waals surface area contributed by atoms with Crippen molar-refractivity contribution in [3.63, 3.8) is 0 Å². The Morgan fingerprint density at radius 1 is 1.37 bits per heavy atom. The maximum absolute atomic E-state index is 12.2. The number of hydrogen-bond donors (Lipinski definition) is 2. The standard InChI is InChI=1S/C21H13BrClN5O2/c1-2-8-30-19-16(22)9-13(10-17(19)23)12-25-28-21-26-18(14-6-4-3-5-7-14)15(11-24)20(29)27-21/h1,3-7,9-10,12H,8H2,(H2,26,27,28,29). The van der Waals surface area contributed by atoms with Gasteiger partial charge in [0, 0.05) is 5.56 Å². The molecule has 0 bridgehead atoms. The number of hydrazone groups is 1. The number of terminal acetylenes is 1. The van der Waals surface area contributed by atoms with Crippen LogP contribution >= 0.6 is 27.5 Å². The summed E-state index contributed by atoms with van der Waals surface area (Å²) in [4.78, 5) is 19.1. The van der Waals surface area contributed by atoms with Crippen molar-refractivity contribution >= 4 is 39.7 Å². The predicted octanol–water partition coefficient (Wildman–Crippen LogP) is 4.18. The Morgan fingerprint density at radius 3 is 2.80 bits per heavy atom. The van der Waals surface area contributed by atoms with Gasteiger partial charge in [0.05, 0.1) is 21.4 Å². The van der Waals surface area contributed by atoms with E-state index in [0.717, 1.165) is 0 Å². The number of hydrogen-bond acceptors (Lipinski definition) is 6. The van der Waals surface area contributed by atoms with Crippen molar-refractivity contribution in [2.45, 2.75) is 0 Å². The van der Waals surface area contributed by atoms with Crippen LogP contribution in [0.4, 0.5) is 5.95 Å². The zero-order valence-corrected chi connectivity index (χ0v) is 17.7. The maximum atomic E-state index is 12.2. The van der Waals surface area contributed by atoms with Crippen LogP contribution < -0.4 is 15.7 Å². The molecule has 2 N–H and O–H groups in total. The number of benzene rings is 2. The van der Waals surface area contributed by atoms with Crippen molar-refractivity contribution in [3.8, 4) is 35.4 Å². The lowest BCUT2D eigenvalue weighted by molar-refractivity contribution is 0.368. The van der Waals surface area contributed by atoms with E-state index >= 15 is 0 Å². The van der Waals surface area contributed by atoms with Crippen LogP contribution in [0.3, 0.4) is 0 Å². The van der Waals surface area contributed by atoms with E-state index in [1.54, 1.807) is 36.4 Å². The Balaban J connectivity index is 1.85. The molecule has 7 nitrogen and oxygen atoms in total. The Labute approximate surface area is 185 Å². The molecule has 0 amide bonds. The van der Waals surface area contributed by atoms with Gasteiger partial charge in [-0.3, -0.25) is 9.78 Å². The molecule has 0 unspecified atom stereocenters. The quantitative estimate of drug-likeness (QED) is 0.312. The zero-order valence-electron chi connectivity index (χ0n) is 15.3. The summed E-state index contributed by atoms with van der Waals surface area (Å²) in [5.41, 5.74) is 3.59. The summed E-state index contributed by atoms with van der Waals surface area (Å²) in [5.74, 6) is 2.90. The van der Waals surface area contributed by atoms with Crippen LogP contribution in [0.15, 0.2) is 56.8 Å². The first kappa shape index (κ1) is 21.1. The first-order valence-corrected chi connectivity index (χ1v) is 9.64. The summed E-state index contributed by atoms with van der Waals surface area (Å²) in [5, 5.41) is 13.7. The molecular formula is C21H13BrClN5O2. The number of nitriles is 1. The van der Waals surface area contributed by atoms with Crippen LogP contribution in [0.25, 0.3) is 11.3 Å². The smallest absolute Gasteiger partial charge is 0.270 e. The van der Waals surface area contributed by atoms with Crippen molar-refractivity contribution in [2.24, 2.45) is 5.10 Å². The highest BCUT2D eigenvalue weighted by molar-refractivity contribution is 9.10. The molecule has 3 rings (SSSR count). The number of aromatic amines is 1. The summed E-state index contributed by atoms with van der Waals surface area (Å²) in [6.07, 6.45) is 6.68. The summed E-state index contributed by atoms with van der Waals surface area (Å²) in [7, 11) is 0. The van der Waals surface area contributed by atoms with Gasteiger partial charge in [-0.1, -0.05) is 47.9 Å². The van der Waals surface area contributed by atoms with E-state index in [-0.39, 0.29) is 23.8 Å². The number of halogens is 2. The van der Waals surface area contributed by atoms with E-state index < -0.39 is 5.56 Å². The number of anilines is 1. The van der Waals surface area contributed by atoms with Crippen LogP contribution in [0.1, 0.15) is 11.1 Å². The lowest BCUT2D eigenvalue weighted by Gasteiger charge is -2.08. The van der Waals surface area contributed by atoms with E-state index in [1.807, 2.05) is 12.1 Å². The molecule has 0 saturated heterocycles. The van der Waals surface area contributed by atoms with E-state index in [1.165, 1.54) is 6.21 Å². The molecule has 0 saturated carbocycles. The van der Waals surface area contributed by atoms with Gasteiger partial charge >= 0.3 is 0 Å². The minimum absolute atomic E-state index is 0.0750. The van der Waals surface area contributed by atoms with Gasteiger partial charge in [0.25, 0.3) is 5.56 Å². The summed E-state index contributed by atoms with van der Waals surface area (Å²) in [6, 6.07) is 14.2. The van der Waals surface area contributed by atoms with Gasteiger partial charge < -0.3 is 4.74 Å². The zero-order chi connectivity index (χ0) is 21.5. The molecule has 3 aromatic rings. The fourth-order valence-electron chi connectivity index (χ4n) is 2.51. The van der Waals surface area contributed by atoms with Gasteiger partial charge in [0.15, 0.2) is 5.75 Å². The third-order valence-corrected chi connectivity index (χ3v) is 4.65. The number of rotatable bonds is 6. The van der Waals surface area contributed by atoms with E-state index in [2.05, 4.69) is 42.3 Å². The summed E-state index contributed by atoms with van der Waals surface area (Å²) < 4.78 is 6.00. The highest BCUT2D eigenvalue weighted by atomic mass is 79.9. The minimum Gasteiger partial charge on any atom is -0.478 e.